The molecule has 0 heterocycles. The standard InChI is InChI=1S/C23H32ClN3O9/c1-14(2)34-18(29)23(9,27(32)33)26(20(31)36-22(6,7)8)25(19(30)35-21(3,4)5)17(28)15-10-12-16(24)13-11-15/h10-14H,1-9H3. The summed E-state index contributed by atoms with van der Waals surface area (Å²) in [6.45, 7) is 12.4. The molecule has 0 saturated carbocycles. The Morgan fingerprint density at radius 1 is 0.889 bits per heavy atom. The fraction of sp³-hybridized carbons (Fsp3) is 0.565. The molecule has 1 atom stereocenters. The van der Waals surface area contributed by atoms with E-state index >= 15 is 0 Å². The number of benzene rings is 1. The molecule has 13 heteroatoms. The first-order chi connectivity index (χ1) is 16.2. The van der Waals surface area contributed by atoms with Crippen LogP contribution < -0.4 is 0 Å². The second kappa shape index (κ2) is 11.1. The summed E-state index contributed by atoms with van der Waals surface area (Å²) in [5.41, 5.74) is -5.75. The fourth-order valence-electron chi connectivity index (χ4n) is 2.60. The zero-order valence-electron chi connectivity index (χ0n) is 21.8. The van der Waals surface area contributed by atoms with E-state index in [2.05, 4.69) is 0 Å². The first kappa shape index (κ1) is 30.6. The number of nitrogens with zero attached hydrogens (tertiary/aromatic N) is 3. The lowest BCUT2D eigenvalue weighted by Gasteiger charge is -2.39. The quantitative estimate of drug-likeness (QED) is 0.172. The summed E-state index contributed by atoms with van der Waals surface area (Å²) < 4.78 is 15.6. The van der Waals surface area contributed by atoms with Gasteiger partial charge in [-0.15, -0.1) is 10.0 Å². The maximum Gasteiger partial charge on any atom is 0.437 e. The second-order valence-corrected chi connectivity index (χ2v) is 10.6. The van der Waals surface area contributed by atoms with Crippen molar-refractivity contribution in [2.45, 2.75) is 85.3 Å². The summed E-state index contributed by atoms with van der Waals surface area (Å²) >= 11 is 5.88. The van der Waals surface area contributed by atoms with E-state index in [0.29, 0.717) is 6.92 Å². The number of imide groups is 1. The number of hydrazine groups is 1. The average Bonchev–Trinajstić information content (AvgIpc) is 2.67. The molecule has 0 aromatic heterocycles. The Balaban J connectivity index is 3.95. The van der Waals surface area contributed by atoms with Gasteiger partial charge in [-0.1, -0.05) is 11.6 Å². The normalized spacial score (nSPS) is 13.3. The minimum absolute atomic E-state index is 0.00791. The van der Waals surface area contributed by atoms with E-state index in [4.69, 9.17) is 25.8 Å². The lowest BCUT2D eigenvalue weighted by atomic mass is 10.1. The minimum Gasteiger partial charge on any atom is -0.456 e. The number of carbonyl (C=O) groups is 4. The Hall–Kier alpha value is -3.41. The van der Waals surface area contributed by atoms with Gasteiger partial charge < -0.3 is 14.2 Å². The highest BCUT2D eigenvalue weighted by atomic mass is 35.5. The molecule has 0 fully saturated rings. The molecule has 0 aliphatic heterocycles. The van der Waals surface area contributed by atoms with Gasteiger partial charge in [0, 0.05) is 17.5 Å². The maximum atomic E-state index is 13.6. The Labute approximate surface area is 214 Å². The van der Waals surface area contributed by atoms with Crippen LogP contribution in [0.4, 0.5) is 9.59 Å². The molecule has 1 rings (SSSR count). The topological polar surface area (TPSA) is 146 Å². The molecule has 0 aliphatic carbocycles. The molecular weight excluding hydrogens is 498 g/mol. The zero-order valence-corrected chi connectivity index (χ0v) is 22.5. The Morgan fingerprint density at radius 2 is 1.33 bits per heavy atom. The highest BCUT2D eigenvalue weighted by Crippen LogP contribution is 2.28. The highest BCUT2D eigenvalue weighted by Gasteiger charge is 2.62. The largest absolute Gasteiger partial charge is 0.456 e. The third-order valence-corrected chi connectivity index (χ3v) is 4.37. The van der Waals surface area contributed by atoms with Crippen molar-refractivity contribution in [2.75, 3.05) is 0 Å². The monoisotopic (exact) mass is 529 g/mol. The number of rotatable bonds is 5. The molecule has 0 bridgehead atoms. The van der Waals surface area contributed by atoms with Crippen molar-refractivity contribution in [2.24, 2.45) is 0 Å². The van der Waals surface area contributed by atoms with Crippen molar-refractivity contribution in [3.05, 3.63) is 45.0 Å². The van der Waals surface area contributed by atoms with Crippen LogP contribution in [-0.2, 0) is 19.0 Å². The van der Waals surface area contributed by atoms with Crippen LogP contribution in [0.15, 0.2) is 24.3 Å². The van der Waals surface area contributed by atoms with Gasteiger partial charge in [0.05, 0.1) is 11.0 Å². The predicted molar refractivity (Wildman–Crippen MR) is 129 cm³/mol. The second-order valence-electron chi connectivity index (χ2n) is 10.1. The van der Waals surface area contributed by atoms with Crippen molar-refractivity contribution < 1.29 is 38.3 Å². The van der Waals surface area contributed by atoms with Gasteiger partial charge in [-0.25, -0.2) is 14.4 Å². The van der Waals surface area contributed by atoms with E-state index in [-0.39, 0.29) is 20.6 Å². The molecule has 12 nitrogen and oxygen atoms in total. The predicted octanol–water partition coefficient (Wildman–Crippen LogP) is 4.81. The number of halogens is 1. The molecule has 1 aromatic rings. The third-order valence-electron chi connectivity index (χ3n) is 4.11. The van der Waals surface area contributed by atoms with Gasteiger partial charge in [-0.3, -0.25) is 14.9 Å². The SMILES string of the molecule is CC(C)OC(=O)C(C)(N(C(=O)OC(C)(C)C)N(C(=O)OC(C)(C)C)C(=O)c1ccc(Cl)cc1)[N+](=O)[O-]. The van der Waals surface area contributed by atoms with Crippen LogP contribution in [-0.4, -0.2) is 62.0 Å². The summed E-state index contributed by atoms with van der Waals surface area (Å²) in [7, 11) is 0. The number of nitro groups is 1. The van der Waals surface area contributed by atoms with E-state index < -0.39 is 52.0 Å². The number of ether oxygens (including phenoxy) is 3. The van der Waals surface area contributed by atoms with Crippen molar-refractivity contribution in [1.29, 1.82) is 0 Å². The number of hydrogen-bond acceptors (Lipinski definition) is 9. The van der Waals surface area contributed by atoms with Crippen molar-refractivity contribution in [3.8, 4) is 0 Å². The zero-order chi connectivity index (χ0) is 28.2. The molecule has 0 spiro atoms. The fourth-order valence-corrected chi connectivity index (χ4v) is 2.72. The lowest BCUT2D eigenvalue weighted by Crippen LogP contribution is -2.69. The number of amides is 3. The molecule has 1 unspecified atom stereocenters. The van der Waals surface area contributed by atoms with Crippen molar-refractivity contribution >= 4 is 35.7 Å². The van der Waals surface area contributed by atoms with Crippen LogP contribution in [0.25, 0.3) is 0 Å². The van der Waals surface area contributed by atoms with Crippen LogP contribution in [0, 0.1) is 10.1 Å². The molecule has 0 aliphatic rings. The van der Waals surface area contributed by atoms with E-state index in [1.165, 1.54) is 79.7 Å². The van der Waals surface area contributed by atoms with Crippen LogP contribution in [0.2, 0.25) is 5.02 Å². The van der Waals surface area contributed by atoms with Gasteiger partial charge in [-0.2, -0.15) is 0 Å². The van der Waals surface area contributed by atoms with Crippen molar-refractivity contribution in [1.82, 2.24) is 10.0 Å². The van der Waals surface area contributed by atoms with Crippen LogP contribution >= 0.6 is 11.6 Å². The van der Waals surface area contributed by atoms with Gasteiger partial charge in [0.2, 0.25) is 0 Å². The van der Waals surface area contributed by atoms with Gasteiger partial charge in [-0.05, 0) is 79.7 Å². The maximum absolute atomic E-state index is 13.6. The summed E-state index contributed by atoms with van der Waals surface area (Å²) in [5, 5.41) is 12.6. The molecule has 36 heavy (non-hydrogen) atoms. The number of esters is 1. The van der Waals surface area contributed by atoms with Crippen LogP contribution in [0.3, 0.4) is 0 Å². The highest BCUT2D eigenvalue weighted by molar-refractivity contribution is 6.30. The Morgan fingerprint density at radius 3 is 1.72 bits per heavy atom. The first-order valence-corrected chi connectivity index (χ1v) is 11.3. The summed E-state index contributed by atoms with van der Waals surface area (Å²) in [6, 6.07) is 5.12. The summed E-state index contributed by atoms with van der Waals surface area (Å²) in [4.78, 5) is 64.4. The molecule has 0 radical (unpaired) electrons. The van der Waals surface area contributed by atoms with Crippen molar-refractivity contribution in [3.63, 3.8) is 0 Å². The van der Waals surface area contributed by atoms with Crippen LogP contribution in [0.1, 0.15) is 72.7 Å². The number of hydrogen-bond donors (Lipinski definition) is 0. The molecule has 200 valence electrons. The Kier molecular flexibility index (Phi) is 9.45. The van der Waals surface area contributed by atoms with E-state index in [1.54, 1.807) is 0 Å². The van der Waals surface area contributed by atoms with Gasteiger partial charge >= 0.3 is 23.8 Å². The summed E-state index contributed by atoms with van der Waals surface area (Å²) in [5.74, 6) is -2.75. The van der Waals surface area contributed by atoms with Gasteiger partial charge in [0.15, 0.2) is 0 Å². The molecule has 0 saturated heterocycles. The molecule has 3 amide bonds. The Bertz CT molecular complexity index is 1010. The van der Waals surface area contributed by atoms with Gasteiger partial charge in [0.25, 0.3) is 5.91 Å². The van der Waals surface area contributed by atoms with Crippen LogP contribution in [0.5, 0.6) is 0 Å². The molecule has 0 N–H and O–H groups in total. The van der Waals surface area contributed by atoms with Gasteiger partial charge in [0.1, 0.15) is 11.2 Å². The molecule has 1 aromatic carbocycles. The first-order valence-electron chi connectivity index (χ1n) is 10.9. The average molecular weight is 530 g/mol. The smallest absolute Gasteiger partial charge is 0.437 e. The summed E-state index contributed by atoms with van der Waals surface area (Å²) in [6.07, 6.45) is -3.85. The van der Waals surface area contributed by atoms with E-state index in [9.17, 15) is 29.3 Å². The lowest BCUT2D eigenvalue weighted by molar-refractivity contribution is -0.584. The van der Waals surface area contributed by atoms with E-state index in [0.717, 1.165) is 0 Å². The van der Waals surface area contributed by atoms with E-state index in [1.807, 2.05) is 0 Å². The number of carbonyl (C=O) groups excluding carboxylic acids is 4. The third kappa shape index (κ3) is 7.80. The molecular formula is C23H32ClN3O9. The minimum atomic E-state index is -3.12.